The van der Waals surface area contributed by atoms with Crippen LogP contribution in [0.2, 0.25) is 0 Å². The predicted molar refractivity (Wildman–Crippen MR) is 148 cm³/mol. The SMILES string of the molecule is CCCCCCCCCCCCCCCCCCc1cccc2c(I=O)c(C(=O)O)ccc12. The van der Waals surface area contributed by atoms with E-state index >= 15 is 0 Å². The summed E-state index contributed by atoms with van der Waals surface area (Å²) in [6.07, 6.45) is 22.9. The molecule has 0 heterocycles. The molecular weight excluding hydrogens is 523 g/mol. The molecule has 0 atom stereocenters. The molecule has 0 fully saturated rings. The summed E-state index contributed by atoms with van der Waals surface area (Å²) in [6.45, 7) is 2.28. The van der Waals surface area contributed by atoms with Crippen molar-refractivity contribution in [3.63, 3.8) is 0 Å². The fourth-order valence-corrected chi connectivity index (χ4v) is 6.07. The Bertz CT molecular complexity index is 846. The molecule has 1 N–H and O–H groups in total. The summed E-state index contributed by atoms with van der Waals surface area (Å²) >= 11 is -1.53. The van der Waals surface area contributed by atoms with E-state index in [1.807, 2.05) is 18.2 Å². The molecule has 2 aromatic rings. The Labute approximate surface area is 211 Å². The minimum Gasteiger partial charge on any atom is -0.478 e. The largest absolute Gasteiger partial charge is 0.478 e. The average Bonchev–Trinajstić information content (AvgIpc) is 2.82. The molecule has 0 aromatic heterocycles. The quantitative estimate of drug-likeness (QED) is 0.136. The van der Waals surface area contributed by atoms with Crippen LogP contribution in [-0.2, 0) is 9.49 Å². The number of fused-ring (bicyclic) bond motifs is 1. The van der Waals surface area contributed by atoms with E-state index in [9.17, 15) is 13.0 Å². The molecule has 184 valence electrons. The second-order valence-electron chi connectivity index (χ2n) is 9.37. The maximum atomic E-state index is 11.7. The van der Waals surface area contributed by atoms with Crippen molar-refractivity contribution in [3.8, 4) is 0 Å². The summed E-state index contributed by atoms with van der Waals surface area (Å²) in [5.74, 6) is -0.995. The van der Waals surface area contributed by atoms with Gasteiger partial charge in [0.2, 0.25) is 0 Å². The van der Waals surface area contributed by atoms with E-state index in [-0.39, 0.29) is 5.56 Å². The lowest BCUT2D eigenvalue weighted by molar-refractivity contribution is 0.0696. The van der Waals surface area contributed by atoms with Gasteiger partial charge in [-0.2, -0.15) is 0 Å². The van der Waals surface area contributed by atoms with Gasteiger partial charge < -0.3 is 5.11 Å². The highest BCUT2D eigenvalue weighted by atomic mass is 127. The minimum absolute atomic E-state index is 0.185. The predicted octanol–water partition coefficient (Wildman–Crippen LogP) is 9.83. The fourth-order valence-electron chi connectivity index (χ4n) is 4.72. The maximum absolute atomic E-state index is 11.7. The molecule has 2 aromatic carbocycles. The van der Waals surface area contributed by atoms with Crippen LogP contribution in [0.25, 0.3) is 10.8 Å². The van der Waals surface area contributed by atoms with Crippen molar-refractivity contribution < 1.29 is 13.0 Å². The Morgan fingerprint density at radius 2 is 1.21 bits per heavy atom. The van der Waals surface area contributed by atoms with Crippen molar-refractivity contribution in [1.82, 2.24) is 0 Å². The van der Waals surface area contributed by atoms with Crippen LogP contribution < -0.4 is 0 Å². The third-order valence-corrected chi connectivity index (χ3v) is 8.30. The molecule has 0 saturated heterocycles. The lowest BCUT2D eigenvalue weighted by Crippen LogP contribution is -2.01. The van der Waals surface area contributed by atoms with Crippen LogP contribution in [0.3, 0.4) is 0 Å². The first-order valence-corrected chi connectivity index (χ1v) is 15.2. The van der Waals surface area contributed by atoms with Gasteiger partial charge in [0.25, 0.3) is 0 Å². The molecule has 2 rings (SSSR count). The standard InChI is InChI=1S/C29H43IO3/c1-2-3-4-5-6-7-8-9-10-11-12-13-14-15-16-17-19-24-20-18-21-26-25(24)22-23-27(29(31)32)28(26)30-33/h18,20-23H,2-17,19H2,1H3,(H,31,32). The van der Waals surface area contributed by atoms with E-state index in [1.165, 1.54) is 102 Å². The summed E-state index contributed by atoms with van der Waals surface area (Å²) < 4.78 is 12.3. The van der Waals surface area contributed by atoms with Gasteiger partial charge in [-0.15, -0.1) is 0 Å². The molecule has 0 bridgehead atoms. The highest BCUT2D eigenvalue weighted by Gasteiger charge is 2.15. The third-order valence-electron chi connectivity index (χ3n) is 6.69. The summed E-state index contributed by atoms with van der Waals surface area (Å²) in [6, 6.07) is 9.52. The van der Waals surface area contributed by atoms with Crippen LogP contribution in [0, 0.1) is 3.57 Å². The smallest absolute Gasteiger partial charge is 0.336 e. The van der Waals surface area contributed by atoms with E-state index in [4.69, 9.17) is 0 Å². The Morgan fingerprint density at radius 1 is 0.697 bits per heavy atom. The topological polar surface area (TPSA) is 54.4 Å². The number of aromatic carboxylic acids is 1. The van der Waals surface area contributed by atoms with Crippen molar-refractivity contribution in [2.24, 2.45) is 0 Å². The van der Waals surface area contributed by atoms with Crippen LogP contribution in [0.5, 0.6) is 0 Å². The maximum Gasteiger partial charge on any atom is 0.336 e. The van der Waals surface area contributed by atoms with Crippen molar-refractivity contribution in [2.75, 3.05) is 0 Å². The molecule has 0 radical (unpaired) electrons. The van der Waals surface area contributed by atoms with Gasteiger partial charge in [-0.1, -0.05) is 128 Å². The number of hydrogen-bond donors (Lipinski definition) is 1. The van der Waals surface area contributed by atoms with Crippen LogP contribution in [0.4, 0.5) is 0 Å². The molecule has 4 heteroatoms. The second kappa shape index (κ2) is 17.2. The van der Waals surface area contributed by atoms with Crippen LogP contribution in [0.1, 0.15) is 126 Å². The van der Waals surface area contributed by atoms with Gasteiger partial charge >= 0.3 is 5.97 Å². The number of hydrogen-bond acceptors (Lipinski definition) is 2. The number of rotatable bonds is 19. The normalized spacial score (nSPS) is 11.3. The number of benzene rings is 2. The van der Waals surface area contributed by atoms with Gasteiger partial charge in [0, 0.05) is 0 Å². The van der Waals surface area contributed by atoms with Crippen molar-refractivity contribution >= 4 is 37.9 Å². The average molecular weight is 567 g/mol. The lowest BCUT2D eigenvalue weighted by atomic mass is 9.97. The Morgan fingerprint density at radius 3 is 1.70 bits per heavy atom. The minimum atomic E-state index is -1.53. The molecule has 0 aliphatic carbocycles. The van der Waals surface area contributed by atoms with Crippen LogP contribution >= 0.6 is 21.2 Å². The number of carbonyl (C=O) groups is 1. The number of halogens is 1. The molecule has 0 spiro atoms. The summed E-state index contributed by atoms with van der Waals surface area (Å²) in [5, 5.41) is 11.3. The second-order valence-corrected chi connectivity index (χ2v) is 10.9. The van der Waals surface area contributed by atoms with Crippen LogP contribution in [0.15, 0.2) is 30.3 Å². The van der Waals surface area contributed by atoms with Gasteiger partial charge in [0.15, 0.2) is 21.2 Å². The zero-order valence-corrected chi connectivity index (χ0v) is 22.7. The molecule has 0 amide bonds. The van der Waals surface area contributed by atoms with E-state index in [0.29, 0.717) is 3.57 Å². The Balaban J connectivity index is 1.56. The van der Waals surface area contributed by atoms with Gasteiger partial charge in [0.05, 0.1) is 9.13 Å². The van der Waals surface area contributed by atoms with Crippen molar-refractivity contribution in [3.05, 3.63) is 45.0 Å². The summed E-state index contributed by atoms with van der Waals surface area (Å²) in [5.41, 5.74) is 1.43. The zero-order valence-electron chi connectivity index (χ0n) is 20.5. The van der Waals surface area contributed by atoms with Crippen LogP contribution in [-0.4, -0.2) is 11.1 Å². The van der Waals surface area contributed by atoms with E-state index in [2.05, 4.69) is 13.0 Å². The van der Waals surface area contributed by atoms with E-state index in [0.717, 1.165) is 23.6 Å². The monoisotopic (exact) mass is 566 g/mol. The first-order valence-electron chi connectivity index (χ1n) is 13.2. The van der Waals surface area contributed by atoms with Crippen molar-refractivity contribution in [2.45, 2.75) is 116 Å². The third kappa shape index (κ3) is 10.2. The van der Waals surface area contributed by atoms with E-state index < -0.39 is 27.2 Å². The highest BCUT2D eigenvalue weighted by Crippen LogP contribution is 2.30. The first-order chi connectivity index (χ1) is 16.2. The molecule has 0 unspecified atom stereocenters. The van der Waals surface area contributed by atoms with Gasteiger partial charge in [-0.3, -0.25) is 3.07 Å². The molecule has 0 saturated carbocycles. The molecule has 33 heavy (non-hydrogen) atoms. The summed E-state index contributed by atoms with van der Waals surface area (Å²) in [4.78, 5) is 11.4. The Kier molecular flexibility index (Phi) is 14.5. The lowest BCUT2D eigenvalue weighted by Gasteiger charge is -2.10. The number of aryl methyl sites for hydroxylation is 1. The number of carboxylic acids is 1. The van der Waals surface area contributed by atoms with E-state index in [1.54, 1.807) is 6.07 Å². The molecule has 0 aliphatic rings. The number of carboxylic acid groups (broad SMARTS) is 1. The van der Waals surface area contributed by atoms with Gasteiger partial charge in [-0.25, -0.2) is 4.79 Å². The molecular formula is C29H43IO3. The van der Waals surface area contributed by atoms with Crippen molar-refractivity contribution in [1.29, 1.82) is 0 Å². The number of unbranched alkanes of at least 4 members (excludes halogenated alkanes) is 15. The summed E-state index contributed by atoms with van der Waals surface area (Å²) in [7, 11) is 0. The molecule has 0 aliphatic heterocycles. The fraction of sp³-hybridized carbons (Fsp3) is 0.621. The van der Waals surface area contributed by atoms with Gasteiger partial charge in [0.1, 0.15) is 0 Å². The molecule has 3 nitrogen and oxygen atoms in total. The zero-order chi connectivity index (χ0) is 23.7. The first kappa shape index (κ1) is 27.9. The highest BCUT2D eigenvalue weighted by molar-refractivity contribution is 14.1. The Hall–Kier alpha value is -1.30. The van der Waals surface area contributed by atoms with Gasteiger partial charge in [-0.05, 0) is 35.2 Å².